The molecule has 4 atom stereocenters. The topological polar surface area (TPSA) is 126 Å². The van der Waals surface area contributed by atoms with Crippen LogP contribution in [0.2, 0.25) is 0 Å². The van der Waals surface area contributed by atoms with Crippen LogP contribution < -0.4 is 5.32 Å². The molecular formula is C19H29NO9S. The molecule has 1 aliphatic rings. The number of amides is 1. The van der Waals surface area contributed by atoms with Crippen LogP contribution >= 0.6 is 11.8 Å². The smallest absolute Gasteiger partial charge is 0.408 e. The SMILES string of the molecule is COC(=O)C(CS[C@H]1C=C[C@@H](OC(C)=O)C(COC(C)=O)O1)NC(=O)OC(C)(C)C. The number of hydrogen-bond donors (Lipinski definition) is 1. The molecule has 1 amide bonds. The first-order valence-electron chi connectivity index (χ1n) is 9.24. The van der Waals surface area contributed by atoms with Gasteiger partial charge in [-0.3, -0.25) is 9.59 Å². The van der Waals surface area contributed by atoms with Crippen LogP contribution in [0.5, 0.6) is 0 Å². The van der Waals surface area contributed by atoms with Crippen LogP contribution in [-0.2, 0) is 38.1 Å². The summed E-state index contributed by atoms with van der Waals surface area (Å²) < 4.78 is 25.9. The van der Waals surface area contributed by atoms with E-state index in [4.69, 9.17) is 23.7 Å². The summed E-state index contributed by atoms with van der Waals surface area (Å²) in [6, 6.07) is -0.968. The fraction of sp³-hybridized carbons (Fsp3) is 0.684. The Hall–Kier alpha value is -2.27. The van der Waals surface area contributed by atoms with Crippen molar-refractivity contribution in [3.05, 3.63) is 12.2 Å². The van der Waals surface area contributed by atoms with Gasteiger partial charge >= 0.3 is 24.0 Å². The van der Waals surface area contributed by atoms with Crippen molar-refractivity contribution in [3.8, 4) is 0 Å². The number of carbonyl (C=O) groups is 4. The number of carbonyl (C=O) groups excluding carboxylic acids is 4. The van der Waals surface area contributed by atoms with E-state index in [1.807, 2.05) is 0 Å². The fourth-order valence-electron chi connectivity index (χ4n) is 2.31. The lowest BCUT2D eigenvalue weighted by Crippen LogP contribution is -2.46. The van der Waals surface area contributed by atoms with Crippen LogP contribution in [0.25, 0.3) is 0 Å². The van der Waals surface area contributed by atoms with Gasteiger partial charge in [-0.2, -0.15) is 0 Å². The Balaban J connectivity index is 2.75. The molecule has 0 fully saturated rings. The number of rotatable bonds is 8. The number of ether oxygens (including phenoxy) is 5. The van der Waals surface area contributed by atoms with Crippen LogP contribution in [0.1, 0.15) is 34.6 Å². The Morgan fingerprint density at radius 3 is 2.33 bits per heavy atom. The van der Waals surface area contributed by atoms with E-state index in [9.17, 15) is 19.2 Å². The highest BCUT2D eigenvalue weighted by molar-refractivity contribution is 8.00. The van der Waals surface area contributed by atoms with Crippen molar-refractivity contribution in [1.29, 1.82) is 0 Å². The molecule has 2 unspecified atom stereocenters. The second-order valence-electron chi connectivity index (χ2n) is 7.36. The summed E-state index contributed by atoms with van der Waals surface area (Å²) in [5, 5.41) is 2.48. The van der Waals surface area contributed by atoms with Crippen molar-refractivity contribution in [2.24, 2.45) is 0 Å². The zero-order valence-corrected chi connectivity index (χ0v) is 18.8. The zero-order chi connectivity index (χ0) is 22.9. The maximum Gasteiger partial charge on any atom is 0.408 e. The molecule has 1 N–H and O–H groups in total. The monoisotopic (exact) mass is 447 g/mol. The van der Waals surface area contributed by atoms with Crippen molar-refractivity contribution in [2.45, 2.75) is 63.9 Å². The van der Waals surface area contributed by atoms with Crippen molar-refractivity contribution >= 4 is 35.8 Å². The molecule has 0 saturated heterocycles. The molecular weight excluding hydrogens is 418 g/mol. The summed E-state index contributed by atoms with van der Waals surface area (Å²) in [6.07, 6.45) is 1.11. The highest BCUT2D eigenvalue weighted by atomic mass is 32.2. The summed E-state index contributed by atoms with van der Waals surface area (Å²) in [5.41, 5.74) is -1.26. The van der Waals surface area contributed by atoms with Gasteiger partial charge in [0, 0.05) is 19.6 Å². The second-order valence-corrected chi connectivity index (χ2v) is 8.49. The van der Waals surface area contributed by atoms with Crippen molar-refractivity contribution in [3.63, 3.8) is 0 Å². The van der Waals surface area contributed by atoms with Crippen molar-refractivity contribution in [1.82, 2.24) is 5.32 Å². The molecule has 0 saturated carbocycles. The van der Waals surface area contributed by atoms with E-state index < -0.39 is 53.3 Å². The molecule has 0 aromatic carbocycles. The standard InChI is InChI=1S/C19H29NO9S/c1-11(21)26-9-15-14(27-12(2)22)7-8-16(28-15)30-10-13(17(23)25-6)20-18(24)29-19(3,4)5/h7-8,13-16H,9-10H2,1-6H3,(H,20,24)/t13?,14-,15?,16+/m1/s1. The fourth-order valence-corrected chi connectivity index (χ4v) is 3.33. The first kappa shape index (κ1) is 25.8. The van der Waals surface area contributed by atoms with Gasteiger partial charge in [-0.25, -0.2) is 9.59 Å². The van der Waals surface area contributed by atoms with E-state index >= 15 is 0 Å². The third-order valence-electron chi connectivity index (χ3n) is 3.49. The lowest BCUT2D eigenvalue weighted by atomic mass is 10.1. The summed E-state index contributed by atoms with van der Waals surface area (Å²) in [5.74, 6) is -1.51. The predicted octanol–water partition coefficient (Wildman–Crippen LogP) is 1.56. The van der Waals surface area contributed by atoms with E-state index in [1.165, 1.54) is 32.7 Å². The minimum Gasteiger partial charge on any atom is -0.467 e. The summed E-state index contributed by atoms with van der Waals surface area (Å²) in [4.78, 5) is 46.4. The number of thioether (sulfide) groups is 1. The number of esters is 3. The van der Waals surface area contributed by atoms with Gasteiger partial charge in [-0.15, -0.1) is 11.8 Å². The molecule has 0 aliphatic carbocycles. The number of methoxy groups -OCH3 is 1. The quantitative estimate of drug-likeness (QED) is 0.333. The zero-order valence-electron chi connectivity index (χ0n) is 18.0. The van der Waals surface area contributed by atoms with Crippen LogP contribution in [0, 0.1) is 0 Å². The lowest BCUT2D eigenvalue weighted by Gasteiger charge is -2.31. The van der Waals surface area contributed by atoms with Gasteiger partial charge in [0.2, 0.25) is 0 Å². The molecule has 30 heavy (non-hydrogen) atoms. The number of hydrogen-bond acceptors (Lipinski definition) is 10. The van der Waals surface area contributed by atoms with Crippen LogP contribution in [0.3, 0.4) is 0 Å². The van der Waals surface area contributed by atoms with Crippen LogP contribution in [0.15, 0.2) is 12.2 Å². The van der Waals surface area contributed by atoms with Gasteiger partial charge in [-0.1, -0.05) is 0 Å². The average Bonchev–Trinajstić information content (AvgIpc) is 2.62. The Morgan fingerprint density at radius 2 is 1.80 bits per heavy atom. The molecule has 10 nitrogen and oxygen atoms in total. The maximum absolute atomic E-state index is 12.0. The molecule has 0 aromatic rings. The normalized spacial score (nSPS) is 21.9. The maximum atomic E-state index is 12.0. The van der Waals surface area contributed by atoms with E-state index in [2.05, 4.69) is 5.32 Å². The Labute approximate surface area is 179 Å². The lowest BCUT2D eigenvalue weighted by molar-refractivity contribution is -0.160. The molecule has 0 spiro atoms. The first-order valence-corrected chi connectivity index (χ1v) is 10.3. The van der Waals surface area contributed by atoms with Gasteiger partial charge in [-0.05, 0) is 32.9 Å². The second kappa shape index (κ2) is 11.8. The molecule has 0 bridgehead atoms. The minimum absolute atomic E-state index is 0.106. The Kier molecular flexibility index (Phi) is 10.1. The van der Waals surface area contributed by atoms with Gasteiger partial charge in [0.1, 0.15) is 35.9 Å². The first-order chi connectivity index (χ1) is 13.9. The molecule has 170 valence electrons. The molecule has 1 aliphatic heterocycles. The third kappa shape index (κ3) is 9.97. The molecule has 0 radical (unpaired) electrons. The summed E-state index contributed by atoms with van der Waals surface area (Å²) >= 11 is 1.21. The Bertz CT molecular complexity index is 659. The molecule has 1 heterocycles. The predicted molar refractivity (Wildman–Crippen MR) is 108 cm³/mol. The van der Waals surface area contributed by atoms with E-state index in [0.717, 1.165) is 0 Å². The number of alkyl carbamates (subject to hydrolysis) is 1. The van der Waals surface area contributed by atoms with Crippen molar-refractivity contribution in [2.75, 3.05) is 19.5 Å². The highest BCUT2D eigenvalue weighted by Crippen LogP contribution is 2.25. The van der Waals surface area contributed by atoms with Crippen LogP contribution in [0.4, 0.5) is 4.79 Å². The Morgan fingerprint density at radius 1 is 1.13 bits per heavy atom. The van der Waals surface area contributed by atoms with Gasteiger partial charge in [0.05, 0.1) is 7.11 Å². The van der Waals surface area contributed by atoms with Crippen LogP contribution in [-0.4, -0.2) is 72.8 Å². The molecule has 11 heteroatoms. The summed E-state index contributed by atoms with van der Waals surface area (Å²) in [6.45, 7) is 7.54. The molecule has 0 aromatic heterocycles. The average molecular weight is 448 g/mol. The van der Waals surface area contributed by atoms with Crippen molar-refractivity contribution < 1.29 is 42.9 Å². The van der Waals surface area contributed by atoms with E-state index in [1.54, 1.807) is 32.9 Å². The highest BCUT2D eigenvalue weighted by Gasteiger charge is 2.32. The largest absolute Gasteiger partial charge is 0.467 e. The third-order valence-corrected chi connectivity index (χ3v) is 4.61. The van der Waals surface area contributed by atoms with E-state index in [0.29, 0.717) is 0 Å². The summed E-state index contributed by atoms with van der Waals surface area (Å²) in [7, 11) is 1.21. The molecule has 1 rings (SSSR count). The van der Waals surface area contributed by atoms with Gasteiger partial charge < -0.3 is 29.0 Å². The van der Waals surface area contributed by atoms with Gasteiger partial charge in [0.15, 0.2) is 0 Å². The number of nitrogens with one attached hydrogen (secondary N) is 1. The minimum atomic E-state index is -0.968. The van der Waals surface area contributed by atoms with E-state index in [-0.39, 0.29) is 12.4 Å². The van der Waals surface area contributed by atoms with Gasteiger partial charge in [0.25, 0.3) is 0 Å².